The van der Waals surface area contributed by atoms with E-state index in [1.807, 2.05) is 18.2 Å². The van der Waals surface area contributed by atoms with Gasteiger partial charge in [0, 0.05) is 0 Å². The van der Waals surface area contributed by atoms with Crippen molar-refractivity contribution < 1.29 is 14.3 Å². The van der Waals surface area contributed by atoms with Crippen LogP contribution in [0.1, 0.15) is 31.2 Å². The Morgan fingerprint density at radius 2 is 1.94 bits per heavy atom. The van der Waals surface area contributed by atoms with Crippen molar-refractivity contribution in [1.29, 1.82) is 0 Å². The Hall–Kier alpha value is -1.71. The number of fused-ring (bicyclic) bond motifs is 1. The van der Waals surface area contributed by atoms with Gasteiger partial charge in [0.15, 0.2) is 11.5 Å². The van der Waals surface area contributed by atoms with E-state index in [0.29, 0.717) is 6.42 Å². The Morgan fingerprint density at radius 3 is 2.67 bits per heavy atom. The number of hydrogen-bond acceptors (Lipinski definition) is 3. The zero-order valence-corrected chi connectivity index (χ0v) is 10.3. The highest BCUT2D eigenvalue weighted by molar-refractivity contribution is 5.81. The highest BCUT2D eigenvalue weighted by Gasteiger charge is 2.39. The zero-order valence-electron chi connectivity index (χ0n) is 10.3. The number of ether oxygens (including phenoxy) is 2. The molecule has 0 spiro atoms. The first-order valence-corrected chi connectivity index (χ1v) is 6.38. The first kappa shape index (κ1) is 11.4. The minimum absolute atomic E-state index is 0.169. The van der Waals surface area contributed by atoms with Crippen molar-refractivity contribution >= 4 is 5.91 Å². The number of primary amides is 1. The number of rotatable bonds is 3. The molecule has 0 atom stereocenters. The van der Waals surface area contributed by atoms with Gasteiger partial charge in [-0.1, -0.05) is 18.9 Å². The molecule has 1 heterocycles. The van der Waals surface area contributed by atoms with Gasteiger partial charge in [0.1, 0.15) is 0 Å². The molecule has 1 fully saturated rings. The monoisotopic (exact) mass is 247 g/mol. The van der Waals surface area contributed by atoms with Crippen LogP contribution in [0.25, 0.3) is 0 Å². The van der Waals surface area contributed by atoms with Gasteiger partial charge in [0.2, 0.25) is 12.7 Å². The third kappa shape index (κ3) is 1.82. The minimum Gasteiger partial charge on any atom is -0.454 e. The van der Waals surface area contributed by atoms with E-state index < -0.39 is 0 Å². The number of carbonyl (C=O) groups is 1. The predicted molar refractivity (Wildman–Crippen MR) is 66.4 cm³/mol. The summed E-state index contributed by atoms with van der Waals surface area (Å²) in [5, 5.41) is 0. The SMILES string of the molecule is NC(=O)C1(Cc2ccc3c(c2)OCO3)CCCC1. The van der Waals surface area contributed by atoms with Crippen molar-refractivity contribution in [1.82, 2.24) is 0 Å². The van der Waals surface area contributed by atoms with Gasteiger partial charge >= 0.3 is 0 Å². The van der Waals surface area contributed by atoms with Crippen molar-refractivity contribution in [3.8, 4) is 11.5 Å². The van der Waals surface area contributed by atoms with E-state index in [0.717, 1.165) is 42.7 Å². The van der Waals surface area contributed by atoms with Gasteiger partial charge in [-0.15, -0.1) is 0 Å². The maximum atomic E-state index is 11.7. The predicted octanol–water partition coefficient (Wildman–Crippen LogP) is 2.00. The van der Waals surface area contributed by atoms with E-state index in [1.54, 1.807) is 0 Å². The molecule has 2 N–H and O–H groups in total. The van der Waals surface area contributed by atoms with Crippen molar-refractivity contribution in [2.45, 2.75) is 32.1 Å². The van der Waals surface area contributed by atoms with Crippen LogP contribution in [0.3, 0.4) is 0 Å². The van der Waals surface area contributed by atoms with Crippen molar-refractivity contribution in [2.75, 3.05) is 6.79 Å². The molecule has 96 valence electrons. The van der Waals surface area contributed by atoms with E-state index in [2.05, 4.69) is 0 Å². The molecule has 1 aliphatic carbocycles. The largest absolute Gasteiger partial charge is 0.454 e. The maximum absolute atomic E-state index is 11.7. The molecule has 4 heteroatoms. The molecule has 1 amide bonds. The second-order valence-electron chi connectivity index (χ2n) is 5.22. The van der Waals surface area contributed by atoms with Crippen LogP contribution in [0, 0.1) is 5.41 Å². The van der Waals surface area contributed by atoms with E-state index >= 15 is 0 Å². The summed E-state index contributed by atoms with van der Waals surface area (Å²) >= 11 is 0. The first-order chi connectivity index (χ1) is 8.70. The van der Waals surface area contributed by atoms with Gasteiger partial charge in [0.25, 0.3) is 0 Å². The lowest BCUT2D eigenvalue weighted by molar-refractivity contribution is -0.127. The van der Waals surface area contributed by atoms with Crippen molar-refractivity contribution in [2.24, 2.45) is 11.1 Å². The quantitative estimate of drug-likeness (QED) is 0.888. The van der Waals surface area contributed by atoms with Gasteiger partial charge in [-0.25, -0.2) is 0 Å². The molecule has 1 aliphatic heterocycles. The van der Waals surface area contributed by atoms with E-state index in [-0.39, 0.29) is 18.1 Å². The van der Waals surface area contributed by atoms with E-state index in [1.165, 1.54) is 0 Å². The molecular formula is C14H17NO3. The zero-order chi connectivity index (χ0) is 12.6. The summed E-state index contributed by atoms with van der Waals surface area (Å²) in [4.78, 5) is 11.7. The lowest BCUT2D eigenvalue weighted by Crippen LogP contribution is -2.36. The molecule has 4 nitrogen and oxygen atoms in total. The normalized spacial score (nSPS) is 20.0. The maximum Gasteiger partial charge on any atom is 0.231 e. The second-order valence-corrected chi connectivity index (χ2v) is 5.22. The van der Waals surface area contributed by atoms with Crippen LogP contribution in [0.5, 0.6) is 11.5 Å². The molecule has 18 heavy (non-hydrogen) atoms. The van der Waals surface area contributed by atoms with Gasteiger partial charge in [-0.3, -0.25) is 4.79 Å². The Bertz CT molecular complexity index is 478. The Labute approximate surface area is 106 Å². The molecule has 0 saturated heterocycles. The smallest absolute Gasteiger partial charge is 0.231 e. The molecule has 0 bridgehead atoms. The van der Waals surface area contributed by atoms with E-state index in [4.69, 9.17) is 15.2 Å². The molecule has 1 saturated carbocycles. The van der Waals surface area contributed by atoms with Crippen LogP contribution in [0.4, 0.5) is 0 Å². The lowest BCUT2D eigenvalue weighted by Gasteiger charge is -2.25. The van der Waals surface area contributed by atoms with Gasteiger partial charge < -0.3 is 15.2 Å². The number of hydrogen-bond donors (Lipinski definition) is 1. The molecule has 0 aromatic heterocycles. The molecular weight excluding hydrogens is 230 g/mol. The third-order valence-electron chi connectivity index (χ3n) is 4.06. The third-order valence-corrected chi connectivity index (χ3v) is 4.06. The fourth-order valence-corrected chi connectivity index (χ4v) is 3.00. The lowest BCUT2D eigenvalue weighted by atomic mass is 9.79. The first-order valence-electron chi connectivity index (χ1n) is 6.38. The summed E-state index contributed by atoms with van der Waals surface area (Å²) in [5.41, 5.74) is 6.34. The number of nitrogens with two attached hydrogens (primary N) is 1. The van der Waals surface area contributed by atoms with Crippen LogP contribution >= 0.6 is 0 Å². The molecule has 0 radical (unpaired) electrons. The molecule has 0 unspecified atom stereocenters. The second kappa shape index (κ2) is 4.19. The number of carbonyl (C=O) groups excluding carboxylic acids is 1. The summed E-state index contributed by atoms with van der Waals surface area (Å²) in [5.74, 6) is 1.38. The molecule has 1 aromatic carbocycles. The number of benzene rings is 1. The Kier molecular flexibility index (Phi) is 2.65. The van der Waals surface area contributed by atoms with Crippen LogP contribution < -0.4 is 15.2 Å². The molecule has 2 aliphatic rings. The topological polar surface area (TPSA) is 61.6 Å². The fraction of sp³-hybridized carbons (Fsp3) is 0.500. The van der Waals surface area contributed by atoms with E-state index in [9.17, 15) is 4.79 Å². The average molecular weight is 247 g/mol. The summed E-state index contributed by atoms with van der Waals surface area (Å²) in [6, 6.07) is 5.86. The molecule has 1 aromatic rings. The van der Waals surface area contributed by atoms with Crippen LogP contribution in [0.2, 0.25) is 0 Å². The highest BCUT2D eigenvalue weighted by Crippen LogP contribution is 2.42. The van der Waals surface area contributed by atoms with Crippen molar-refractivity contribution in [3.05, 3.63) is 23.8 Å². The van der Waals surface area contributed by atoms with Crippen molar-refractivity contribution in [3.63, 3.8) is 0 Å². The standard InChI is InChI=1S/C14H17NO3/c15-13(16)14(5-1-2-6-14)8-10-3-4-11-12(7-10)18-9-17-11/h3-4,7H,1-2,5-6,8-9H2,(H2,15,16). The summed E-state index contributed by atoms with van der Waals surface area (Å²) < 4.78 is 10.6. The van der Waals surface area contributed by atoms with Gasteiger partial charge in [0.05, 0.1) is 5.41 Å². The fourth-order valence-electron chi connectivity index (χ4n) is 3.00. The minimum atomic E-state index is -0.353. The average Bonchev–Trinajstić information content (AvgIpc) is 2.97. The number of amides is 1. The summed E-state index contributed by atoms with van der Waals surface area (Å²) in [6.45, 7) is 0.278. The Morgan fingerprint density at radius 1 is 1.22 bits per heavy atom. The highest BCUT2D eigenvalue weighted by atomic mass is 16.7. The molecule has 3 rings (SSSR count). The van der Waals surface area contributed by atoms with Crippen LogP contribution in [0.15, 0.2) is 18.2 Å². The summed E-state index contributed by atoms with van der Waals surface area (Å²) in [7, 11) is 0. The van der Waals surface area contributed by atoms with Crippen LogP contribution in [-0.4, -0.2) is 12.7 Å². The van der Waals surface area contributed by atoms with Crippen LogP contribution in [-0.2, 0) is 11.2 Å². The Balaban J connectivity index is 1.85. The summed E-state index contributed by atoms with van der Waals surface area (Å²) in [6.07, 6.45) is 4.69. The van der Waals surface area contributed by atoms with Gasteiger partial charge in [-0.05, 0) is 37.0 Å². The van der Waals surface area contributed by atoms with Gasteiger partial charge in [-0.2, -0.15) is 0 Å².